The molecule has 0 fully saturated rings. The summed E-state index contributed by atoms with van der Waals surface area (Å²) in [5.41, 5.74) is 7.24. The number of rotatable bonds is 3. The molecule has 2 N–H and O–H groups in total. The van der Waals surface area contributed by atoms with Gasteiger partial charge in [-0.25, -0.2) is 14.4 Å². The predicted octanol–water partition coefficient (Wildman–Crippen LogP) is 2.34. The van der Waals surface area contributed by atoms with Crippen molar-refractivity contribution < 1.29 is 4.39 Å². The van der Waals surface area contributed by atoms with E-state index in [1.807, 2.05) is 6.92 Å². The first-order valence-electron chi connectivity index (χ1n) is 5.49. The zero-order chi connectivity index (χ0) is 12.3. The van der Waals surface area contributed by atoms with E-state index in [1.54, 1.807) is 24.4 Å². The highest BCUT2D eigenvalue weighted by atomic mass is 19.1. The van der Waals surface area contributed by atoms with Gasteiger partial charge in [0, 0.05) is 24.2 Å². The van der Waals surface area contributed by atoms with E-state index < -0.39 is 0 Å². The minimum Gasteiger partial charge on any atom is -0.330 e. The molecule has 0 bridgehead atoms. The maximum absolute atomic E-state index is 12.8. The number of nitrogens with two attached hydrogens (primary N) is 1. The van der Waals surface area contributed by atoms with Crippen molar-refractivity contribution in [3.05, 3.63) is 48.2 Å². The molecule has 4 heteroatoms. The lowest BCUT2D eigenvalue weighted by Gasteiger charge is -2.08. The Hall–Kier alpha value is -1.81. The standard InChI is InChI=1S/C13H14FN3/c1-9(8-15)13-16-7-6-12(17-13)10-2-4-11(14)5-3-10/h2-7,9H,8,15H2,1H3. The van der Waals surface area contributed by atoms with Crippen LogP contribution in [0.3, 0.4) is 0 Å². The molecule has 0 radical (unpaired) electrons. The van der Waals surface area contributed by atoms with Gasteiger partial charge in [0.15, 0.2) is 0 Å². The summed E-state index contributed by atoms with van der Waals surface area (Å²) in [4.78, 5) is 8.62. The van der Waals surface area contributed by atoms with Crippen LogP contribution in [0.25, 0.3) is 11.3 Å². The fourth-order valence-electron chi connectivity index (χ4n) is 1.50. The summed E-state index contributed by atoms with van der Waals surface area (Å²) in [6.07, 6.45) is 1.70. The number of nitrogens with zero attached hydrogens (tertiary/aromatic N) is 2. The monoisotopic (exact) mass is 231 g/mol. The second-order valence-electron chi connectivity index (χ2n) is 3.94. The van der Waals surface area contributed by atoms with Crippen LogP contribution >= 0.6 is 0 Å². The molecule has 1 atom stereocenters. The highest BCUT2D eigenvalue weighted by molar-refractivity contribution is 5.58. The molecular formula is C13H14FN3. The van der Waals surface area contributed by atoms with E-state index in [-0.39, 0.29) is 11.7 Å². The van der Waals surface area contributed by atoms with Gasteiger partial charge < -0.3 is 5.73 Å². The third kappa shape index (κ3) is 2.65. The van der Waals surface area contributed by atoms with Crippen molar-refractivity contribution in [1.29, 1.82) is 0 Å². The Morgan fingerprint density at radius 3 is 2.59 bits per heavy atom. The SMILES string of the molecule is CC(CN)c1nccc(-c2ccc(F)cc2)n1. The van der Waals surface area contributed by atoms with Crippen LogP contribution in [-0.2, 0) is 0 Å². The zero-order valence-corrected chi connectivity index (χ0v) is 9.60. The Morgan fingerprint density at radius 1 is 1.24 bits per heavy atom. The lowest BCUT2D eigenvalue weighted by atomic mass is 10.1. The van der Waals surface area contributed by atoms with Gasteiger partial charge in [0.2, 0.25) is 0 Å². The van der Waals surface area contributed by atoms with Gasteiger partial charge in [-0.3, -0.25) is 0 Å². The molecule has 0 spiro atoms. The van der Waals surface area contributed by atoms with Crippen molar-refractivity contribution in [1.82, 2.24) is 9.97 Å². The molecule has 1 heterocycles. The molecule has 1 unspecified atom stereocenters. The van der Waals surface area contributed by atoms with E-state index in [0.717, 1.165) is 11.3 Å². The molecule has 0 aliphatic carbocycles. The van der Waals surface area contributed by atoms with Crippen LogP contribution in [0.4, 0.5) is 4.39 Å². The van der Waals surface area contributed by atoms with Gasteiger partial charge in [-0.05, 0) is 30.3 Å². The van der Waals surface area contributed by atoms with Gasteiger partial charge in [0.05, 0.1) is 5.69 Å². The van der Waals surface area contributed by atoms with Crippen LogP contribution < -0.4 is 5.73 Å². The molecule has 1 aromatic heterocycles. The van der Waals surface area contributed by atoms with Crippen LogP contribution in [0.1, 0.15) is 18.7 Å². The molecular weight excluding hydrogens is 217 g/mol. The molecule has 1 aromatic carbocycles. The van der Waals surface area contributed by atoms with Crippen molar-refractivity contribution in [2.45, 2.75) is 12.8 Å². The summed E-state index contributed by atoms with van der Waals surface area (Å²) in [6, 6.07) is 8.05. The Balaban J connectivity index is 2.36. The van der Waals surface area contributed by atoms with Crippen LogP contribution in [0, 0.1) is 5.82 Å². The van der Waals surface area contributed by atoms with Gasteiger partial charge in [-0.2, -0.15) is 0 Å². The molecule has 17 heavy (non-hydrogen) atoms. The third-order valence-electron chi connectivity index (χ3n) is 2.61. The largest absolute Gasteiger partial charge is 0.330 e. The van der Waals surface area contributed by atoms with Gasteiger partial charge in [-0.15, -0.1) is 0 Å². The van der Waals surface area contributed by atoms with E-state index in [2.05, 4.69) is 9.97 Å². The molecule has 2 aromatic rings. The lowest BCUT2D eigenvalue weighted by molar-refractivity contribution is 0.628. The molecule has 88 valence electrons. The Kier molecular flexibility index (Phi) is 3.44. The summed E-state index contributed by atoms with van der Waals surface area (Å²) in [5, 5.41) is 0. The third-order valence-corrected chi connectivity index (χ3v) is 2.61. The van der Waals surface area contributed by atoms with Crippen LogP contribution in [0.2, 0.25) is 0 Å². The van der Waals surface area contributed by atoms with Crippen molar-refractivity contribution >= 4 is 0 Å². The Bertz CT molecular complexity index is 496. The van der Waals surface area contributed by atoms with E-state index in [9.17, 15) is 4.39 Å². The first-order valence-corrected chi connectivity index (χ1v) is 5.49. The second kappa shape index (κ2) is 5.01. The topological polar surface area (TPSA) is 51.8 Å². The number of halogens is 1. The fourth-order valence-corrected chi connectivity index (χ4v) is 1.50. The predicted molar refractivity (Wildman–Crippen MR) is 64.9 cm³/mol. The van der Waals surface area contributed by atoms with E-state index >= 15 is 0 Å². The first kappa shape index (κ1) is 11.7. The molecule has 0 amide bonds. The highest BCUT2D eigenvalue weighted by Gasteiger charge is 2.08. The van der Waals surface area contributed by atoms with E-state index in [1.165, 1.54) is 12.1 Å². The Morgan fingerprint density at radius 2 is 1.94 bits per heavy atom. The van der Waals surface area contributed by atoms with Gasteiger partial charge >= 0.3 is 0 Å². The number of hydrogen-bond acceptors (Lipinski definition) is 3. The summed E-state index contributed by atoms with van der Waals surface area (Å²) in [5.74, 6) is 0.586. The number of benzene rings is 1. The number of hydrogen-bond donors (Lipinski definition) is 1. The molecule has 0 aliphatic rings. The normalized spacial score (nSPS) is 12.4. The van der Waals surface area contributed by atoms with Gasteiger partial charge in [-0.1, -0.05) is 6.92 Å². The second-order valence-corrected chi connectivity index (χ2v) is 3.94. The van der Waals surface area contributed by atoms with E-state index in [0.29, 0.717) is 12.4 Å². The number of aromatic nitrogens is 2. The van der Waals surface area contributed by atoms with Gasteiger partial charge in [0.25, 0.3) is 0 Å². The van der Waals surface area contributed by atoms with Crippen molar-refractivity contribution in [2.75, 3.05) is 6.54 Å². The maximum atomic E-state index is 12.8. The quantitative estimate of drug-likeness (QED) is 0.882. The van der Waals surface area contributed by atoms with Crippen LogP contribution in [0.15, 0.2) is 36.5 Å². The fraction of sp³-hybridized carbons (Fsp3) is 0.231. The molecule has 0 aliphatic heterocycles. The minimum atomic E-state index is -0.252. The molecule has 3 nitrogen and oxygen atoms in total. The Labute approximate surface area is 99.5 Å². The molecule has 2 rings (SSSR count). The van der Waals surface area contributed by atoms with Crippen LogP contribution in [0.5, 0.6) is 0 Å². The van der Waals surface area contributed by atoms with Crippen molar-refractivity contribution in [3.8, 4) is 11.3 Å². The van der Waals surface area contributed by atoms with E-state index in [4.69, 9.17) is 5.73 Å². The minimum absolute atomic E-state index is 0.121. The average molecular weight is 231 g/mol. The maximum Gasteiger partial charge on any atom is 0.133 e. The van der Waals surface area contributed by atoms with Gasteiger partial charge in [0.1, 0.15) is 11.6 Å². The molecule has 0 saturated heterocycles. The smallest absolute Gasteiger partial charge is 0.133 e. The zero-order valence-electron chi connectivity index (χ0n) is 9.60. The summed E-state index contributed by atoms with van der Waals surface area (Å²) < 4.78 is 12.8. The highest BCUT2D eigenvalue weighted by Crippen LogP contribution is 2.18. The summed E-state index contributed by atoms with van der Waals surface area (Å²) in [7, 11) is 0. The molecule has 0 saturated carbocycles. The average Bonchev–Trinajstić information content (AvgIpc) is 2.39. The van der Waals surface area contributed by atoms with Crippen molar-refractivity contribution in [2.24, 2.45) is 5.73 Å². The summed E-state index contributed by atoms with van der Waals surface area (Å²) >= 11 is 0. The van der Waals surface area contributed by atoms with Crippen molar-refractivity contribution in [3.63, 3.8) is 0 Å². The summed E-state index contributed by atoms with van der Waals surface area (Å²) in [6.45, 7) is 2.48. The van der Waals surface area contributed by atoms with Crippen LogP contribution in [-0.4, -0.2) is 16.5 Å². The first-order chi connectivity index (χ1) is 8.20. The lowest BCUT2D eigenvalue weighted by Crippen LogP contribution is -2.12.